The lowest BCUT2D eigenvalue weighted by Gasteiger charge is -2.23. The SMILES string of the molecule is CN(Cc1ccc2ccccc2c1)C(=NCC1CCS(=O)(=O)C1)NC1CC1. The minimum absolute atomic E-state index is 0.153. The van der Waals surface area contributed by atoms with E-state index in [1.54, 1.807) is 0 Å². The van der Waals surface area contributed by atoms with E-state index in [-0.39, 0.29) is 11.7 Å². The van der Waals surface area contributed by atoms with Gasteiger partial charge in [0.15, 0.2) is 15.8 Å². The molecule has 1 atom stereocenters. The fourth-order valence-corrected chi connectivity index (χ4v) is 5.45. The lowest BCUT2D eigenvalue weighted by molar-refractivity contribution is 0.470. The van der Waals surface area contributed by atoms with Gasteiger partial charge in [-0.15, -0.1) is 0 Å². The Morgan fingerprint density at radius 3 is 2.63 bits per heavy atom. The molecule has 0 spiro atoms. The van der Waals surface area contributed by atoms with E-state index in [2.05, 4.69) is 59.7 Å². The molecule has 1 saturated heterocycles. The van der Waals surface area contributed by atoms with Gasteiger partial charge in [-0.1, -0.05) is 36.4 Å². The molecule has 144 valence electrons. The molecule has 27 heavy (non-hydrogen) atoms. The number of guanidine groups is 1. The number of fused-ring (bicyclic) bond motifs is 1. The first-order chi connectivity index (χ1) is 13.0. The van der Waals surface area contributed by atoms with Crippen molar-refractivity contribution in [1.29, 1.82) is 0 Å². The summed E-state index contributed by atoms with van der Waals surface area (Å²) in [7, 11) is -0.797. The summed E-state index contributed by atoms with van der Waals surface area (Å²) >= 11 is 0. The van der Waals surface area contributed by atoms with Crippen LogP contribution in [0.4, 0.5) is 0 Å². The summed E-state index contributed by atoms with van der Waals surface area (Å²) in [6.45, 7) is 1.35. The molecule has 4 rings (SSSR count). The van der Waals surface area contributed by atoms with Crippen molar-refractivity contribution in [3.63, 3.8) is 0 Å². The zero-order valence-electron chi connectivity index (χ0n) is 15.8. The van der Waals surface area contributed by atoms with E-state index in [0.717, 1.165) is 18.9 Å². The third kappa shape index (κ3) is 4.80. The van der Waals surface area contributed by atoms with Gasteiger partial charge in [0.1, 0.15) is 0 Å². The monoisotopic (exact) mass is 385 g/mol. The zero-order chi connectivity index (χ0) is 18.9. The van der Waals surface area contributed by atoms with Crippen LogP contribution in [0.25, 0.3) is 10.8 Å². The number of sulfone groups is 1. The average Bonchev–Trinajstić information content (AvgIpc) is 3.40. The van der Waals surface area contributed by atoms with Crippen LogP contribution in [0.3, 0.4) is 0 Å². The smallest absolute Gasteiger partial charge is 0.194 e. The second-order valence-corrected chi connectivity index (χ2v) is 10.1. The van der Waals surface area contributed by atoms with Gasteiger partial charge in [0.05, 0.1) is 11.5 Å². The van der Waals surface area contributed by atoms with Crippen LogP contribution in [0.1, 0.15) is 24.8 Å². The molecule has 1 N–H and O–H groups in total. The van der Waals surface area contributed by atoms with E-state index in [1.165, 1.54) is 29.2 Å². The quantitative estimate of drug-likeness (QED) is 0.635. The van der Waals surface area contributed by atoms with E-state index in [1.807, 2.05) is 0 Å². The van der Waals surface area contributed by atoms with Gasteiger partial charge in [0, 0.05) is 26.2 Å². The highest BCUT2D eigenvalue weighted by Crippen LogP contribution is 2.21. The summed E-state index contributed by atoms with van der Waals surface area (Å²) in [5.41, 5.74) is 1.24. The maximum Gasteiger partial charge on any atom is 0.194 e. The van der Waals surface area contributed by atoms with E-state index in [9.17, 15) is 8.42 Å². The number of hydrogen-bond donors (Lipinski definition) is 1. The van der Waals surface area contributed by atoms with Gasteiger partial charge in [0.25, 0.3) is 0 Å². The molecule has 5 nitrogen and oxygen atoms in total. The number of nitrogens with one attached hydrogen (secondary N) is 1. The number of hydrogen-bond acceptors (Lipinski definition) is 3. The van der Waals surface area contributed by atoms with Crippen LogP contribution in [-0.2, 0) is 16.4 Å². The van der Waals surface area contributed by atoms with Crippen molar-refractivity contribution in [2.75, 3.05) is 25.1 Å². The molecule has 1 aliphatic heterocycles. The Labute approximate surface area is 161 Å². The molecule has 6 heteroatoms. The van der Waals surface area contributed by atoms with Crippen LogP contribution in [0.2, 0.25) is 0 Å². The molecule has 2 aliphatic rings. The Bertz CT molecular complexity index is 951. The summed E-state index contributed by atoms with van der Waals surface area (Å²) in [5, 5.41) is 6.01. The maximum atomic E-state index is 11.7. The minimum atomic E-state index is -2.85. The van der Waals surface area contributed by atoms with Crippen molar-refractivity contribution in [3.8, 4) is 0 Å². The fourth-order valence-electron chi connectivity index (χ4n) is 3.60. The molecule has 1 unspecified atom stereocenters. The van der Waals surface area contributed by atoms with Crippen LogP contribution in [0, 0.1) is 5.92 Å². The first-order valence-electron chi connectivity index (χ1n) is 9.69. The normalized spacial score (nSPS) is 22.1. The molecule has 1 heterocycles. The number of nitrogens with zero attached hydrogens (tertiary/aromatic N) is 2. The van der Waals surface area contributed by atoms with E-state index in [4.69, 9.17) is 4.99 Å². The second kappa shape index (κ2) is 7.50. The maximum absolute atomic E-state index is 11.7. The second-order valence-electron chi connectivity index (χ2n) is 7.89. The highest BCUT2D eigenvalue weighted by molar-refractivity contribution is 7.91. The average molecular weight is 386 g/mol. The van der Waals surface area contributed by atoms with Crippen molar-refractivity contribution in [2.45, 2.75) is 31.8 Å². The summed E-state index contributed by atoms with van der Waals surface area (Å²) in [6, 6.07) is 15.4. The fraction of sp³-hybridized carbons (Fsp3) is 0.476. The van der Waals surface area contributed by atoms with Gasteiger partial charge in [-0.3, -0.25) is 4.99 Å². The van der Waals surface area contributed by atoms with Gasteiger partial charge in [-0.25, -0.2) is 8.42 Å². The highest BCUT2D eigenvalue weighted by Gasteiger charge is 2.28. The molecule has 1 saturated carbocycles. The predicted octanol–water partition coefficient (Wildman–Crippen LogP) is 2.81. The Kier molecular flexibility index (Phi) is 5.08. The van der Waals surface area contributed by atoms with Gasteiger partial charge in [-0.05, 0) is 47.6 Å². The lowest BCUT2D eigenvalue weighted by Crippen LogP contribution is -2.40. The van der Waals surface area contributed by atoms with Gasteiger partial charge < -0.3 is 10.2 Å². The van der Waals surface area contributed by atoms with Gasteiger partial charge >= 0.3 is 0 Å². The predicted molar refractivity (Wildman–Crippen MR) is 111 cm³/mol. The molecular weight excluding hydrogens is 358 g/mol. The Morgan fingerprint density at radius 1 is 1.15 bits per heavy atom. The van der Waals surface area contributed by atoms with Crippen LogP contribution in [0.5, 0.6) is 0 Å². The molecule has 0 amide bonds. The van der Waals surface area contributed by atoms with E-state index >= 15 is 0 Å². The third-order valence-electron chi connectivity index (χ3n) is 5.33. The number of benzene rings is 2. The van der Waals surface area contributed by atoms with Crippen molar-refractivity contribution in [2.24, 2.45) is 10.9 Å². The largest absolute Gasteiger partial charge is 0.354 e. The molecular formula is C21H27N3O2S. The number of aliphatic imine (C=N–C) groups is 1. The third-order valence-corrected chi connectivity index (χ3v) is 7.17. The van der Waals surface area contributed by atoms with E-state index in [0.29, 0.717) is 18.3 Å². The standard InChI is InChI=1S/C21H27N3O2S/c1-24(14-16-6-7-18-4-2-3-5-19(18)12-16)21(23-20-8-9-20)22-13-17-10-11-27(25,26)15-17/h2-7,12,17,20H,8-11,13-15H2,1H3,(H,22,23). The van der Waals surface area contributed by atoms with Crippen molar-refractivity contribution < 1.29 is 8.42 Å². The van der Waals surface area contributed by atoms with Crippen molar-refractivity contribution in [1.82, 2.24) is 10.2 Å². The van der Waals surface area contributed by atoms with Gasteiger partial charge in [0.2, 0.25) is 0 Å². The summed E-state index contributed by atoms with van der Waals surface area (Å²) in [4.78, 5) is 6.92. The first kappa shape index (κ1) is 18.3. The summed E-state index contributed by atoms with van der Waals surface area (Å²) in [6.07, 6.45) is 3.10. The van der Waals surface area contributed by atoms with Crippen molar-refractivity contribution >= 4 is 26.6 Å². The van der Waals surface area contributed by atoms with Crippen molar-refractivity contribution in [3.05, 3.63) is 48.0 Å². The molecule has 2 aromatic carbocycles. The zero-order valence-corrected chi connectivity index (χ0v) is 16.6. The molecule has 2 fully saturated rings. The first-order valence-corrected chi connectivity index (χ1v) is 11.5. The summed E-state index contributed by atoms with van der Waals surface area (Å²) < 4.78 is 23.4. The molecule has 0 aromatic heterocycles. The lowest BCUT2D eigenvalue weighted by atomic mass is 10.1. The minimum Gasteiger partial charge on any atom is -0.354 e. The highest BCUT2D eigenvalue weighted by atomic mass is 32.2. The molecule has 0 bridgehead atoms. The van der Waals surface area contributed by atoms with Crippen LogP contribution < -0.4 is 5.32 Å². The molecule has 0 radical (unpaired) electrons. The molecule has 2 aromatic rings. The van der Waals surface area contributed by atoms with Crippen LogP contribution in [-0.4, -0.2) is 50.4 Å². The number of rotatable bonds is 5. The Balaban J connectivity index is 1.46. The van der Waals surface area contributed by atoms with Crippen LogP contribution >= 0.6 is 0 Å². The Hall–Kier alpha value is -2.08. The van der Waals surface area contributed by atoms with Crippen LogP contribution in [0.15, 0.2) is 47.5 Å². The topological polar surface area (TPSA) is 61.8 Å². The molecule has 1 aliphatic carbocycles. The van der Waals surface area contributed by atoms with E-state index < -0.39 is 9.84 Å². The van der Waals surface area contributed by atoms with Gasteiger partial charge in [-0.2, -0.15) is 0 Å². The Morgan fingerprint density at radius 2 is 1.93 bits per heavy atom. The summed E-state index contributed by atoms with van der Waals surface area (Å²) in [5.74, 6) is 1.63.